The first kappa shape index (κ1) is 24.3. The number of carbonyl (C=O) groups excluding carboxylic acids is 1. The van der Waals surface area contributed by atoms with Crippen molar-refractivity contribution in [1.82, 2.24) is 5.32 Å². The third-order valence-electron chi connectivity index (χ3n) is 5.67. The molecule has 0 atom stereocenters. The summed E-state index contributed by atoms with van der Waals surface area (Å²) in [5.74, 6) is 0.300. The van der Waals surface area contributed by atoms with E-state index in [1.165, 1.54) is 16.4 Å². The van der Waals surface area contributed by atoms with Crippen molar-refractivity contribution in [3.8, 4) is 5.75 Å². The summed E-state index contributed by atoms with van der Waals surface area (Å²) in [5, 5.41) is 4.98. The molecule has 6 nitrogen and oxygen atoms in total. The number of ether oxygens (including phenoxy) is 1. The van der Waals surface area contributed by atoms with E-state index in [0.29, 0.717) is 11.4 Å². The number of amides is 1. The van der Waals surface area contributed by atoms with E-state index >= 15 is 0 Å². The Hall–Kier alpha value is -3.84. The standard InChI is InChI=1S/C28H28N2O4S/c1-21-12-13-22(2)27(18-21)30(35(32,33)26-10-4-3-5-11-26)20-28(31)29-16-17-34-25-15-14-23-8-6-7-9-24(23)19-25/h3-15,18-19H,16-17,20H2,1-2H3,(H,29,31). The van der Waals surface area contributed by atoms with Gasteiger partial charge in [0.15, 0.2) is 0 Å². The van der Waals surface area contributed by atoms with E-state index in [2.05, 4.69) is 5.32 Å². The van der Waals surface area contributed by atoms with Gasteiger partial charge in [-0.1, -0.05) is 60.7 Å². The Morgan fingerprint density at radius 3 is 2.34 bits per heavy atom. The van der Waals surface area contributed by atoms with Crippen LogP contribution < -0.4 is 14.4 Å². The minimum atomic E-state index is -3.94. The van der Waals surface area contributed by atoms with Crippen LogP contribution in [0.4, 0.5) is 5.69 Å². The second kappa shape index (κ2) is 10.6. The fourth-order valence-corrected chi connectivity index (χ4v) is 5.31. The number of hydrogen-bond acceptors (Lipinski definition) is 4. The van der Waals surface area contributed by atoms with Gasteiger partial charge in [0.25, 0.3) is 10.0 Å². The zero-order chi connectivity index (χ0) is 24.8. The summed E-state index contributed by atoms with van der Waals surface area (Å²) in [6, 6.07) is 27.5. The minimum Gasteiger partial charge on any atom is -0.492 e. The molecule has 1 N–H and O–H groups in total. The predicted molar refractivity (Wildman–Crippen MR) is 139 cm³/mol. The van der Waals surface area contributed by atoms with E-state index in [-0.39, 0.29) is 24.6 Å². The molecule has 1 amide bonds. The van der Waals surface area contributed by atoms with Crippen molar-refractivity contribution in [1.29, 1.82) is 0 Å². The number of benzene rings is 4. The van der Waals surface area contributed by atoms with Crippen molar-refractivity contribution in [3.63, 3.8) is 0 Å². The van der Waals surface area contributed by atoms with Crippen molar-refractivity contribution in [2.24, 2.45) is 0 Å². The fourth-order valence-electron chi connectivity index (χ4n) is 3.81. The molecule has 0 heterocycles. The van der Waals surface area contributed by atoms with E-state index in [0.717, 1.165) is 21.9 Å². The Kier molecular flexibility index (Phi) is 7.36. The molecule has 35 heavy (non-hydrogen) atoms. The highest BCUT2D eigenvalue weighted by Crippen LogP contribution is 2.27. The maximum Gasteiger partial charge on any atom is 0.264 e. The number of hydrogen-bond donors (Lipinski definition) is 1. The first-order valence-electron chi connectivity index (χ1n) is 11.4. The number of fused-ring (bicyclic) bond motifs is 1. The molecule has 0 aliphatic heterocycles. The average Bonchev–Trinajstić information content (AvgIpc) is 2.87. The van der Waals surface area contributed by atoms with Crippen LogP contribution in [0.2, 0.25) is 0 Å². The summed E-state index contributed by atoms with van der Waals surface area (Å²) >= 11 is 0. The van der Waals surface area contributed by atoms with Gasteiger partial charge in [-0.3, -0.25) is 9.10 Å². The Balaban J connectivity index is 1.44. The molecule has 4 rings (SSSR count). The fraction of sp³-hybridized carbons (Fsp3) is 0.179. The number of rotatable bonds is 9. The molecule has 0 aliphatic rings. The minimum absolute atomic E-state index is 0.133. The van der Waals surface area contributed by atoms with Crippen molar-refractivity contribution < 1.29 is 17.9 Å². The molecule has 0 fully saturated rings. The lowest BCUT2D eigenvalue weighted by Crippen LogP contribution is -2.42. The van der Waals surface area contributed by atoms with Crippen molar-refractivity contribution in [2.75, 3.05) is 24.0 Å². The summed E-state index contributed by atoms with van der Waals surface area (Å²) in [7, 11) is -3.94. The quantitative estimate of drug-likeness (QED) is 0.342. The number of nitrogens with one attached hydrogen (secondary N) is 1. The number of sulfonamides is 1. The zero-order valence-electron chi connectivity index (χ0n) is 19.8. The Bertz CT molecular complexity index is 1440. The van der Waals surface area contributed by atoms with Gasteiger partial charge in [0.1, 0.15) is 18.9 Å². The largest absolute Gasteiger partial charge is 0.492 e. The second-order valence-corrected chi connectivity index (χ2v) is 10.2. The summed E-state index contributed by atoms with van der Waals surface area (Å²) < 4.78 is 33.9. The molecule has 0 radical (unpaired) electrons. The third-order valence-corrected chi connectivity index (χ3v) is 7.44. The number of nitrogens with zero attached hydrogens (tertiary/aromatic N) is 1. The normalized spacial score (nSPS) is 11.3. The van der Waals surface area contributed by atoms with Crippen LogP contribution >= 0.6 is 0 Å². The first-order valence-corrected chi connectivity index (χ1v) is 12.8. The molecule has 4 aromatic carbocycles. The summed E-state index contributed by atoms with van der Waals surface area (Å²) in [6.07, 6.45) is 0. The maximum absolute atomic E-state index is 13.5. The van der Waals surface area contributed by atoms with Gasteiger partial charge in [0.05, 0.1) is 17.1 Å². The Morgan fingerprint density at radius 2 is 1.57 bits per heavy atom. The average molecular weight is 489 g/mol. The lowest BCUT2D eigenvalue weighted by Gasteiger charge is -2.26. The number of anilines is 1. The Labute approximate surface area is 206 Å². The van der Waals surface area contributed by atoms with Crippen LogP contribution in [-0.4, -0.2) is 34.0 Å². The van der Waals surface area contributed by atoms with Crippen LogP contribution in [0.3, 0.4) is 0 Å². The molecule has 7 heteroatoms. The SMILES string of the molecule is Cc1ccc(C)c(N(CC(=O)NCCOc2ccc3ccccc3c2)S(=O)(=O)c2ccccc2)c1. The van der Waals surface area contributed by atoms with E-state index < -0.39 is 15.9 Å². The summed E-state index contributed by atoms with van der Waals surface area (Å²) in [6.45, 7) is 3.90. The highest BCUT2D eigenvalue weighted by molar-refractivity contribution is 7.92. The van der Waals surface area contributed by atoms with Gasteiger partial charge in [0.2, 0.25) is 5.91 Å². The lowest BCUT2D eigenvalue weighted by molar-refractivity contribution is -0.119. The molecule has 4 aromatic rings. The van der Waals surface area contributed by atoms with Gasteiger partial charge < -0.3 is 10.1 Å². The van der Waals surface area contributed by atoms with Gasteiger partial charge in [0, 0.05) is 0 Å². The lowest BCUT2D eigenvalue weighted by atomic mass is 10.1. The van der Waals surface area contributed by atoms with Gasteiger partial charge in [-0.25, -0.2) is 8.42 Å². The molecular weight excluding hydrogens is 460 g/mol. The van der Waals surface area contributed by atoms with Crippen LogP contribution in [0.25, 0.3) is 10.8 Å². The molecule has 0 aromatic heterocycles. The van der Waals surface area contributed by atoms with E-state index in [9.17, 15) is 13.2 Å². The molecule has 180 valence electrons. The molecule has 0 spiro atoms. The van der Waals surface area contributed by atoms with Crippen LogP contribution in [0.5, 0.6) is 5.75 Å². The van der Waals surface area contributed by atoms with Crippen molar-refractivity contribution >= 4 is 32.4 Å². The van der Waals surface area contributed by atoms with Gasteiger partial charge in [-0.15, -0.1) is 0 Å². The molecule has 0 saturated heterocycles. The van der Waals surface area contributed by atoms with Crippen LogP contribution in [0.1, 0.15) is 11.1 Å². The van der Waals surface area contributed by atoms with E-state index in [1.54, 1.807) is 24.3 Å². The number of aryl methyl sites for hydroxylation is 2. The molecule has 0 saturated carbocycles. The third kappa shape index (κ3) is 5.81. The van der Waals surface area contributed by atoms with Crippen molar-refractivity contribution in [3.05, 3.63) is 102 Å². The van der Waals surface area contributed by atoms with E-state index in [1.807, 2.05) is 68.4 Å². The van der Waals surface area contributed by atoms with Crippen LogP contribution in [-0.2, 0) is 14.8 Å². The maximum atomic E-state index is 13.5. The highest BCUT2D eigenvalue weighted by Gasteiger charge is 2.28. The van der Waals surface area contributed by atoms with Gasteiger partial charge in [-0.05, 0) is 66.1 Å². The summed E-state index contributed by atoms with van der Waals surface area (Å²) in [5.41, 5.74) is 2.15. The topological polar surface area (TPSA) is 75.7 Å². The molecule has 0 aliphatic carbocycles. The number of carbonyl (C=O) groups is 1. The van der Waals surface area contributed by atoms with Gasteiger partial charge >= 0.3 is 0 Å². The van der Waals surface area contributed by atoms with Crippen molar-refractivity contribution in [2.45, 2.75) is 18.7 Å². The monoisotopic (exact) mass is 488 g/mol. The summed E-state index contributed by atoms with van der Waals surface area (Å²) in [4.78, 5) is 12.9. The molecule has 0 unspecified atom stereocenters. The first-order chi connectivity index (χ1) is 16.8. The highest BCUT2D eigenvalue weighted by atomic mass is 32.2. The van der Waals surface area contributed by atoms with Crippen LogP contribution in [0, 0.1) is 13.8 Å². The zero-order valence-corrected chi connectivity index (χ0v) is 20.6. The van der Waals surface area contributed by atoms with Crippen LogP contribution in [0.15, 0.2) is 95.9 Å². The Morgan fingerprint density at radius 1 is 0.857 bits per heavy atom. The molecular formula is C28H28N2O4S. The smallest absolute Gasteiger partial charge is 0.264 e. The van der Waals surface area contributed by atoms with E-state index in [4.69, 9.17) is 4.74 Å². The predicted octanol–water partition coefficient (Wildman–Crippen LogP) is 4.85. The molecule has 0 bridgehead atoms. The van der Waals surface area contributed by atoms with Gasteiger partial charge in [-0.2, -0.15) is 0 Å². The second-order valence-electron chi connectivity index (χ2n) is 8.32.